The van der Waals surface area contributed by atoms with E-state index >= 15 is 0 Å². The van der Waals surface area contributed by atoms with Gasteiger partial charge in [0.15, 0.2) is 0 Å². The summed E-state index contributed by atoms with van der Waals surface area (Å²) >= 11 is 0. The summed E-state index contributed by atoms with van der Waals surface area (Å²) in [6.07, 6.45) is 0. The third-order valence-electron chi connectivity index (χ3n) is 0. The summed E-state index contributed by atoms with van der Waals surface area (Å²) in [4.78, 5) is 16.5. The van der Waals surface area contributed by atoms with Gasteiger partial charge < -0.3 is 52.7 Å². The Balaban J connectivity index is -0.00000000229. The van der Waals surface area contributed by atoms with Gasteiger partial charge in [-0.1, -0.05) is 0 Å². The van der Waals surface area contributed by atoms with Crippen molar-refractivity contribution in [2.24, 2.45) is 0 Å². The first kappa shape index (κ1) is 136. The topological polar surface area (TPSA) is 269 Å². The quantitative estimate of drug-likeness (QED) is 0.285. The average molecular weight is 222 g/mol. The zero-order valence-electron chi connectivity index (χ0n) is 6.49. The van der Waals surface area contributed by atoms with Gasteiger partial charge in [-0.2, -0.15) is 0 Å². The molecule has 0 heterocycles. The minimum absolute atomic E-state index is 0. The monoisotopic (exact) mass is 222 g/mol. The van der Waals surface area contributed by atoms with Gasteiger partial charge >= 0.3 is 23.1 Å². The van der Waals surface area contributed by atoms with Crippen LogP contribution in [-0.2, 0) is 9.59 Å². The summed E-state index contributed by atoms with van der Waals surface area (Å²) in [5.41, 5.74) is 0. The second kappa shape index (κ2) is 584. The molecular weight excluding hydrogens is 208 g/mol. The Hall–Kier alpha value is -0.534. The van der Waals surface area contributed by atoms with E-state index in [2.05, 4.69) is 0 Å². The second-order valence-corrected chi connectivity index (χ2v) is 0.192. The first-order valence-electron chi connectivity index (χ1n) is 0.943. The molecule has 0 radical (unpaired) electrons. The summed E-state index contributed by atoms with van der Waals surface area (Å²) in [6.45, 7) is -1.00. The van der Waals surface area contributed by atoms with Crippen molar-refractivity contribution in [1.29, 1.82) is 0 Å². The number of rotatable bonds is 0. The molecule has 12 N–H and O–H groups in total. The fourth-order valence-corrected chi connectivity index (χ4v) is 0. The van der Waals surface area contributed by atoms with E-state index in [1.54, 1.807) is 0 Å². The third-order valence-corrected chi connectivity index (χ3v) is 0. The molecule has 0 bridgehead atoms. The van der Waals surface area contributed by atoms with Crippen molar-refractivity contribution in [1.82, 2.24) is 0 Å². The third kappa shape index (κ3) is 3610. The van der Waals surface area contributed by atoms with Gasteiger partial charge in [0.25, 0.3) is 0 Å². The number of carbonyl (C=O) groups excluding carboxylic acids is 2. The van der Waals surface area contributed by atoms with Gasteiger partial charge in [0, 0.05) is 12.9 Å². The maximum Gasteiger partial charge on any atom is 2.00 e. The normalized spacial score (nSPS) is 1.85. The van der Waals surface area contributed by atoms with Crippen LogP contribution >= 0.6 is 0 Å². The maximum absolute atomic E-state index is 8.25. The molecule has 10 nitrogen and oxygen atoms in total. The average Bonchev–Trinajstić information content (AvgIpc) is 1.39. The van der Waals surface area contributed by atoms with Crippen LogP contribution in [0.5, 0.6) is 0 Å². The first-order chi connectivity index (χ1) is 2.83. The van der Waals surface area contributed by atoms with Crippen molar-refractivity contribution in [3.05, 3.63) is 0 Å². The molecule has 0 atom stereocenters. The SMILES string of the molecule is O.O.O.O.O.O.O=C[O-].O=C[O-].[Mg+2]. The number of hydrogen-bond acceptors (Lipinski definition) is 4. The number of carbonyl (C=O) groups is 2. The maximum atomic E-state index is 8.25. The standard InChI is InChI=1S/2CH2O2.Mg.6H2O/c2*2-1-3;;;;;;;/h2*1H,(H,2,3);;6*1H2/q;;+2;;;;;;/p-2. The van der Waals surface area contributed by atoms with Crippen molar-refractivity contribution < 1.29 is 52.7 Å². The zero-order valence-corrected chi connectivity index (χ0v) is 7.91. The van der Waals surface area contributed by atoms with Gasteiger partial charge in [-0.25, -0.2) is 0 Å². The van der Waals surface area contributed by atoms with Crippen molar-refractivity contribution in [3.8, 4) is 0 Å². The molecule has 11 heteroatoms. The Bertz CT molecular complexity index is 33.9. The van der Waals surface area contributed by atoms with Gasteiger partial charge in [0.2, 0.25) is 0 Å². The first-order valence-corrected chi connectivity index (χ1v) is 0.943. The molecule has 0 fully saturated rings. The van der Waals surface area contributed by atoms with E-state index in [4.69, 9.17) is 19.8 Å². The van der Waals surface area contributed by atoms with E-state index in [-0.39, 0.29) is 55.9 Å². The smallest absolute Gasteiger partial charge is 0.554 e. The summed E-state index contributed by atoms with van der Waals surface area (Å²) in [5.74, 6) is 0. The predicted molar refractivity (Wildman–Crippen MR) is 39.6 cm³/mol. The molecule has 0 amide bonds. The number of carboxylic acid groups (broad SMARTS) is 2. The second-order valence-electron chi connectivity index (χ2n) is 0.192. The molecule has 84 valence electrons. The van der Waals surface area contributed by atoms with E-state index in [9.17, 15) is 0 Å². The molecule has 0 aromatic carbocycles. The molecular formula is C2H14MgO10. The molecule has 0 saturated carbocycles. The molecule has 0 unspecified atom stereocenters. The fourth-order valence-electron chi connectivity index (χ4n) is 0. The molecule has 13 heavy (non-hydrogen) atoms. The predicted octanol–water partition coefficient (Wildman–Crippen LogP) is -8.60. The molecule has 0 aromatic rings. The Morgan fingerprint density at radius 3 is 0.615 bits per heavy atom. The molecule has 0 spiro atoms. The fraction of sp³-hybridized carbons (Fsp3) is 0. The molecule has 0 aliphatic heterocycles. The van der Waals surface area contributed by atoms with Crippen molar-refractivity contribution >= 4 is 36.0 Å². The van der Waals surface area contributed by atoms with Crippen molar-refractivity contribution in [2.75, 3.05) is 0 Å². The van der Waals surface area contributed by atoms with E-state index in [0.717, 1.165) is 0 Å². The van der Waals surface area contributed by atoms with Crippen LogP contribution in [-0.4, -0.2) is 68.9 Å². The summed E-state index contributed by atoms with van der Waals surface area (Å²) < 4.78 is 0. The molecule has 0 saturated heterocycles. The Morgan fingerprint density at radius 1 is 0.615 bits per heavy atom. The number of hydrogen-bond donors (Lipinski definition) is 0. The largest absolute Gasteiger partial charge is 2.00 e. The van der Waals surface area contributed by atoms with E-state index in [1.807, 2.05) is 0 Å². The minimum atomic E-state index is -0.500. The van der Waals surface area contributed by atoms with Gasteiger partial charge in [-0.3, -0.25) is 0 Å². The van der Waals surface area contributed by atoms with Crippen LogP contribution in [0.15, 0.2) is 0 Å². The van der Waals surface area contributed by atoms with Crippen LogP contribution in [0.4, 0.5) is 0 Å². The van der Waals surface area contributed by atoms with Gasteiger partial charge in [0.05, 0.1) is 0 Å². The minimum Gasteiger partial charge on any atom is -0.554 e. The van der Waals surface area contributed by atoms with Crippen molar-refractivity contribution in [2.45, 2.75) is 0 Å². The van der Waals surface area contributed by atoms with Crippen LogP contribution in [0, 0.1) is 0 Å². The molecule has 0 aliphatic carbocycles. The Labute approximate surface area is 89.2 Å². The van der Waals surface area contributed by atoms with E-state index in [1.165, 1.54) is 0 Å². The van der Waals surface area contributed by atoms with Gasteiger partial charge in [0.1, 0.15) is 0 Å². The van der Waals surface area contributed by atoms with E-state index in [0.29, 0.717) is 0 Å². The van der Waals surface area contributed by atoms with Crippen LogP contribution in [0.2, 0.25) is 0 Å². The van der Waals surface area contributed by atoms with Gasteiger partial charge in [-0.15, -0.1) is 0 Å². The zero-order chi connectivity index (χ0) is 5.41. The molecule has 0 aromatic heterocycles. The van der Waals surface area contributed by atoms with Gasteiger partial charge in [-0.05, 0) is 0 Å². The summed E-state index contributed by atoms with van der Waals surface area (Å²) in [5, 5.41) is 16.5. The summed E-state index contributed by atoms with van der Waals surface area (Å²) in [6, 6.07) is 0. The van der Waals surface area contributed by atoms with Crippen LogP contribution in [0.25, 0.3) is 0 Å². The van der Waals surface area contributed by atoms with Crippen molar-refractivity contribution in [3.63, 3.8) is 0 Å². The Morgan fingerprint density at radius 2 is 0.615 bits per heavy atom. The van der Waals surface area contributed by atoms with Crippen LogP contribution < -0.4 is 10.2 Å². The molecule has 0 rings (SSSR count). The Kier molecular flexibility index (Phi) is 6130. The van der Waals surface area contributed by atoms with E-state index < -0.39 is 12.9 Å². The summed E-state index contributed by atoms with van der Waals surface area (Å²) in [7, 11) is 0. The molecule has 0 aliphatic rings. The van der Waals surface area contributed by atoms with Crippen LogP contribution in [0.3, 0.4) is 0 Å². The van der Waals surface area contributed by atoms with Crippen LogP contribution in [0.1, 0.15) is 0 Å².